The maximum atomic E-state index is 13.2. The molecular formula is C26H19Cl3N2O6. The van der Waals surface area contributed by atoms with Crippen molar-refractivity contribution in [2.75, 3.05) is 6.79 Å². The Morgan fingerprint density at radius 2 is 1.73 bits per heavy atom. The second kappa shape index (κ2) is 10.0. The van der Waals surface area contributed by atoms with Gasteiger partial charge in [-0.2, -0.15) is 0 Å². The molecule has 37 heavy (non-hydrogen) atoms. The Morgan fingerprint density at radius 3 is 2.43 bits per heavy atom. The first kappa shape index (κ1) is 25.1. The Bertz CT molecular complexity index is 1530. The Morgan fingerprint density at radius 1 is 1.03 bits per heavy atom. The third kappa shape index (κ3) is 4.87. The summed E-state index contributed by atoms with van der Waals surface area (Å²) in [5, 5.41) is 13.7. The molecule has 5 rings (SSSR count). The van der Waals surface area contributed by atoms with Crippen molar-refractivity contribution < 1.29 is 28.9 Å². The van der Waals surface area contributed by atoms with Crippen LogP contribution in [-0.2, 0) is 11.4 Å². The molecule has 0 aliphatic carbocycles. The van der Waals surface area contributed by atoms with E-state index in [4.69, 9.17) is 49.0 Å². The molecule has 0 saturated carbocycles. The lowest BCUT2D eigenvalue weighted by atomic mass is 10.2. The van der Waals surface area contributed by atoms with Crippen LogP contribution in [0.4, 0.5) is 0 Å². The molecule has 3 aromatic carbocycles. The number of benzene rings is 3. The molecule has 1 aliphatic heterocycles. The molecule has 1 amide bonds. The second-order valence-electron chi connectivity index (χ2n) is 8.26. The summed E-state index contributed by atoms with van der Waals surface area (Å²) in [7, 11) is 0. The summed E-state index contributed by atoms with van der Waals surface area (Å²) in [5.74, 6) is -0.271. The number of aromatic nitrogens is 1. The highest BCUT2D eigenvalue weighted by atomic mass is 35.5. The standard InChI is InChI=1S/C26H19Cl3N2O6/c1-13(26(33)34)30-25(32)22-8-14-7-15(35-11-16-17(27)3-2-4-18(16)28)5-6-20(14)31(22)21-10-24-23(9-19(21)29)36-12-37-24/h2-10,13H,11-12H2,1H3,(H,30,32)(H,33,34)/t13-/m0/s1. The third-order valence-corrected chi connectivity index (χ3v) is 6.86. The first-order valence-corrected chi connectivity index (χ1v) is 12.2. The molecule has 2 heterocycles. The van der Waals surface area contributed by atoms with E-state index in [-0.39, 0.29) is 19.1 Å². The number of carboxylic acid groups (broad SMARTS) is 1. The largest absolute Gasteiger partial charge is 0.489 e. The van der Waals surface area contributed by atoms with E-state index in [2.05, 4.69) is 5.32 Å². The molecule has 4 aromatic rings. The van der Waals surface area contributed by atoms with Crippen molar-refractivity contribution in [3.63, 3.8) is 0 Å². The third-order valence-electron chi connectivity index (χ3n) is 5.85. The van der Waals surface area contributed by atoms with Crippen molar-refractivity contribution in [1.82, 2.24) is 9.88 Å². The summed E-state index contributed by atoms with van der Waals surface area (Å²) in [4.78, 5) is 24.5. The lowest BCUT2D eigenvalue weighted by Gasteiger charge is -2.15. The van der Waals surface area contributed by atoms with Crippen LogP contribution in [0, 0.1) is 0 Å². The number of ether oxygens (including phenoxy) is 3. The van der Waals surface area contributed by atoms with Crippen molar-refractivity contribution in [2.45, 2.75) is 19.6 Å². The van der Waals surface area contributed by atoms with Crippen molar-refractivity contribution in [1.29, 1.82) is 0 Å². The number of carboxylic acids is 1. The van der Waals surface area contributed by atoms with Crippen molar-refractivity contribution in [2.24, 2.45) is 0 Å². The van der Waals surface area contributed by atoms with E-state index in [0.717, 1.165) is 0 Å². The maximum absolute atomic E-state index is 13.2. The van der Waals surface area contributed by atoms with Gasteiger partial charge < -0.3 is 29.2 Å². The molecule has 0 spiro atoms. The van der Waals surface area contributed by atoms with E-state index in [1.165, 1.54) is 6.92 Å². The zero-order valence-corrected chi connectivity index (χ0v) is 21.5. The van der Waals surface area contributed by atoms with Gasteiger partial charge in [0.2, 0.25) is 6.79 Å². The molecule has 1 aliphatic rings. The Balaban J connectivity index is 1.57. The number of nitrogens with one attached hydrogen (secondary N) is 1. The number of hydrogen-bond donors (Lipinski definition) is 2. The van der Waals surface area contributed by atoms with Gasteiger partial charge in [-0.05, 0) is 43.3 Å². The van der Waals surface area contributed by atoms with Crippen LogP contribution in [0.2, 0.25) is 15.1 Å². The number of amides is 1. The van der Waals surface area contributed by atoms with Gasteiger partial charge in [0.1, 0.15) is 24.1 Å². The maximum Gasteiger partial charge on any atom is 0.325 e. The van der Waals surface area contributed by atoms with Crippen LogP contribution in [0.25, 0.3) is 16.6 Å². The van der Waals surface area contributed by atoms with Gasteiger partial charge in [-0.3, -0.25) is 9.59 Å². The monoisotopic (exact) mass is 560 g/mol. The molecule has 0 unspecified atom stereocenters. The zero-order chi connectivity index (χ0) is 26.3. The van der Waals surface area contributed by atoms with Gasteiger partial charge in [-0.1, -0.05) is 40.9 Å². The minimum atomic E-state index is -1.16. The minimum absolute atomic E-state index is 0.0567. The average molecular weight is 562 g/mol. The minimum Gasteiger partial charge on any atom is -0.489 e. The van der Waals surface area contributed by atoms with Crippen LogP contribution in [0.1, 0.15) is 23.0 Å². The number of halogens is 3. The van der Waals surface area contributed by atoms with Crippen molar-refractivity contribution >= 4 is 57.6 Å². The van der Waals surface area contributed by atoms with Crippen LogP contribution < -0.4 is 19.5 Å². The van der Waals surface area contributed by atoms with Gasteiger partial charge >= 0.3 is 5.97 Å². The number of nitrogens with zero attached hydrogens (tertiary/aromatic N) is 1. The highest BCUT2D eigenvalue weighted by molar-refractivity contribution is 6.36. The Hall–Kier alpha value is -3.59. The molecule has 190 valence electrons. The molecule has 0 fully saturated rings. The molecule has 1 aromatic heterocycles. The summed E-state index contributed by atoms with van der Waals surface area (Å²) in [6.07, 6.45) is 0. The van der Waals surface area contributed by atoms with Crippen LogP contribution in [0.3, 0.4) is 0 Å². The number of carbonyl (C=O) groups is 2. The number of hydrogen-bond acceptors (Lipinski definition) is 5. The fourth-order valence-corrected chi connectivity index (χ4v) is 4.69. The molecule has 0 radical (unpaired) electrons. The van der Waals surface area contributed by atoms with Gasteiger partial charge in [0.05, 0.1) is 16.2 Å². The number of aliphatic carboxylic acids is 1. The van der Waals surface area contributed by atoms with Crippen LogP contribution >= 0.6 is 34.8 Å². The summed E-state index contributed by atoms with van der Waals surface area (Å²) in [5.41, 5.74) is 1.93. The van der Waals surface area contributed by atoms with E-state index in [1.54, 1.807) is 59.2 Å². The van der Waals surface area contributed by atoms with E-state index in [9.17, 15) is 14.7 Å². The van der Waals surface area contributed by atoms with E-state index < -0.39 is 17.9 Å². The van der Waals surface area contributed by atoms with Crippen molar-refractivity contribution in [3.05, 3.63) is 80.9 Å². The number of carbonyl (C=O) groups excluding carboxylic acids is 1. The predicted molar refractivity (Wildman–Crippen MR) is 140 cm³/mol. The quantitative estimate of drug-likeness (QED) is 0.283. The molecular weight excluding hydrogens is 543 g/mol. The van der Waals surface area contributed by atoms with Gasteiger partial charge in [-0.15, -0.1) is 0 Å². The summed E-state index contributed by atoms with van der Waals surface area (Å²) in [6.45, 7) is 1.58. The topological polar surface area (TPSA) is 99.0 Å². The van der Waals surface area contributed by atoms with Gasteiger partial charge in [0.15, 0.2) is 11.5 Å². The second-order valence-corrected chi connectivity index (χ2v) is 9.49. The first-order chi connectivity index (χ1) is 17.7. The van der Waals surface area contributed by atoms with E-state index in [0.29, 0.717) is 54.5 Å². The van der Waals surface area contributed by atoms with Gasteiger partial charge in [0.25, 0.3) is 5.91 Å². The van der Waals surface area contributed by atoms with E-state index in [1.807, 2.05) is 0 Å². The Labute approximate surface area is 226 Å². The Kier molecular flexibility index (Phi) is 6.81. The molecule has 2 N–H and O–H groups in total. The lowest BCUT2D eigenvalue weighted by Crippen LogP contribution is -2.39. The fraction of sp³-hybridized carbons (Fsp3) is 0.154. The first-order valence-electron chi connectivity index (χ1n) is 11.1. The van der Waals surface area contributed by atoms with Crippen molar-refractivity contribution in [3.8, 4) is 22.9 Å². The van der Waals surface area contributed by atoms with Crippen LogP contribution in [-0.4, -0.2) is 34.4 Å². The number of rotatable bonds is 7. The molecule has 11 heteroatoms. The van der Waals surface area contributed by atoms with Gasteiger partial charge in [0, 0.05) is 33.1 Å². The smallest absolute Gasteiger partial charge is 0.325 e. The van der Waals surface area contributed by atoms with Crippen LogP contribution in [0.15, 0.2) is 54.6 Å². The lowest BCUT2D eigenvalue weighted by molar-refractivity contribution is -0.138. The SMILES string of the molecule is C[C@H](NC(=O)c1cc2cc(OCc3c(Cl)cccc3Cl)ccc2n1-c1cc2c(cc1Cl)OCO2)C(=O)O. The highest BCUT2D eigenvalue weighted by Gasteiger charge is 2.25. The zero-order valence-electron chi connectivity index (χ0n) is 19.3. The summed E-state index contributed by atoms with van der Waals surface area (Å²) >= 11 is 19.1. The average Bonchev–Trinajstić information content (AvgIpc) is 3.46. The summed E-state index contributed by atoms with van der Waals surface area (Å²) < 4.78 is 18.5. The van der Waals surface area contributed by atoms with Crippen LogP contribution in [0.5, 0.6) is 17.2 Å². The highest BCUT2D eigenvalue weighted by Crippen LogP contribution is 2.40. The van der Waals surface area contributed by atoms with Gasteiger partial charge in [-0.25, -0.2) is 0 Å². The predicted octanol–water partition coefficient (Wildman–Crippen LogP) is 6.10. The molecule has 0 saturated heterocycles. The molecule has 1 atom stereocenters. The van der Waals surface area contributed by atoms with E-state index >= 15 is 0 Å². The fourth-order valence-electron chi connectivity index (χ4n) is 3.95. The molecule has 8 nitrogen and oxygen atoms in total. The summed E-state index contributed by atoms with van der Waals surface area (Å²) in [6, 6.07) is 14.3. The number of fused-ring (bicyclic) bond motifs is 2. The molecule has 0 bridgehead atoms. The normalized spacial score (nSPS) is 13.0.